The summed E-state index contributed by atoms with van der Waals surface area (Å²) in [6.45, 7) is 1.33. The largest absolute Gasteiger partial charge is 0.465 e. The third-order valence-corrected chi connectivity index (χ3v) is 4.53. The fourth-order valence-corrected chi connectivity index (χ4v) is 2.98. The number of esters is 2. The second kappa shape index (κ2) is 8.79. The molecule has 1 unspecified atom stereocenters. The molecule has 1 heterocycles. The van der Waals surface area contributed by atoms with Gasteiger partial charge in [0.05, 0.1) is 12.7 Å². The lowest BCUT2D eigenvalue weighted by atomic mass is 10.2. The molecule has 1 atom stereocenters. The van der Waals surface area contributed by atoms with Crippen LogP contribution in [0.15, 0.2) is 54.7 Å². The van der Waals surface area contributed by atoms with Crippen molar-refractivity contribution in [3.63, 3.8) is 0 Å². The van der Waals surface area contributed by atoms with Gasteiger partial charge in [0, 0.05) is 27.8 Å². The number of anilines is 1. The molecule has 0 spiro atoms. The van der Waals surface area contributed by atoms with Gasteiger partial charge in [-0.2, -0.15) is 0 Å². The molecule has 0 saturated heterocycles. The Balaban J connectivity index is 1.68. The van der Waals surface area contributed by atoms with Crippen LogP contribution < -0.4 is 5.32 Å². The Morgan fingerprint density at radius 2 is 1.79 bits per heavy atom. The van der Waals surface area contributed by atoms with E-state index in [4.69, 9.17) is 21.1 Å². The van der Waals surface area contributed by atoms with Gasteiger partial charge in [0.15, 0.2) is 6.10 Å². The third-order valence-electron chi connectivity index (χ3n) is 4.28. The van der Waals surface area contributed by atoms with Crippen molar-refractivity contribution in [2.45, 2.75) is 19.6 Å². The molecule has 29 heavy (non-hydrogen) atoms. The van der Waals surface area contributed by atoms with Crippen LogP contribution >= 0.6 is 11.6 Å². The molecule has 3 aromatic rings. The molecular weight excluding hydrogens is 396 g/mol. The highest BCUT2D eigenvalue weighted by Crippen LogP contribution is 2.22. The minimum Gasteiger partial charge on any atom is -0.465 e. The molecule has 0 saturated carbocycles. The van der Waals surface area contributed by atoms with Crippen molar-refractivity contribution < 1.29 is 23.9 Å². The first kappa shape index (κ1) is 20.4. The summed E-state index contributed by atoms with van der Waals surface area (Å²) >= 11 is 5.82. The Bertz CT molecular complexity index is 1060. The molecule has 3 rings (SSSR count). The number of carbonyl (C=O) groups excluding carboxylic acids is 3. The third kappa shape index (κ3) is 4.75. The molecule has 0 radical (unpaired) electrons. The number of para-hydroxylation sites is 1. The second-order valence-corrected chi connectivity index (χ2v) is 6.74. The summed E-state index contributed by atoms with van der Waals surface area (Å²) in [5.74, 6) is -1.57. The predicted molar refractivity (Wildman–Crippen MR) is 109 cm³/mol. The quantitative estimate of drug-likeness (QED) is 0.622. The molecule has 1 aromatic heterocycles. The first-order valence-electron chi connectivity index (χ1n) is 8.81. The number of methoxy groups -OCH3 is 1. The molecule has 1 amide bonds. The van der Waals surface area contributed by atoms with Gasteiger partial charge in [-0.3, -0.25) is 9.59 Å². The number of carbonyl (C=O) groups is 3. The summed E-state index contributed by atoms with van der Waals surface area (Å²) in [6.07, 6.45) is 0.538. The monoisotopic (exact) mass is 414 g/mol. The summed E-state index contributed by atoms with van der Waals surface area (Å²) in [5, 5.41) is 3.87. The Hall–Kier alpha value is -3.32. The van der Waals surface area contributed by atoms with Crippen LogP contribution in [-0.4, -0.2) is 35.6 Å². The SMILES string of the molecule is COC(=O)c1cn(CC(=O)OC(C)C(=O)Nc2ccc(Cl)cc2)c2ccccc12. The van der Waals surface area contributed by atoms with Gasteiger partial charge < -0.3 is 19.4 Å². The summed E-state index contributed by atoms with van der Waals surface area (Å²) in [6, 6.07) is 13.7. The lowest BCUT2D eigenvalue weighted by molar-refractivity contribution is -0.153. The van der Waals surface area contributed by atoms with E-state index in [0.717, 1.165) is 0 Å². The number of benzene rings is 2. The average Bonchev–Trinajstić information content (AvgIpc) is 3.07. The molecule has 8 heteroatoms. The van der Waals surface area contributed by atoms with Crippen LogP contribution in [0.3, 0.4) is 0 Å². The highest BCUT2D eigenvalue weighted by atomic mass is 35.5. The van der Waals surface area contributed by atoms with E-state index in [-0.39, 0.29) is 6.54 Å². The highest BCUT2D eigenvalue weighted by Gasteiger charge is 2.20. The van der Waals surface area contributed by atoms with E-state index in [1.807, 2.05) is 0 Å². The summed E-state index contributed by atoms with van der Waals surface area (Å²) in [5.41, 5.74) is 1.58. The Morgan fingerprint density at radius 1 is 1.10 bits per heavy atom. The van der Waals surface area contributed by atoms with E-state index < -0.39 is 23.9 Å². The van der Waals surface area contributed by atoms with E-state index in [9.17, 15) is 14.4 Å². The van der Waals surface area contributed by atoms with Gasteiger partial charge in [0.2, 0.25) is 0 Å². The van der Waals surface area contributed by atoms with Gasteiger partial charge in [-0.1, -0.05) is 29.8 Å². The number of hydrogen-bond donors (Lipinski definition) is 1. The number of aromatic nitrogens is 1. The summed E-state index contributed by atoms with van der Waals surface area (Å²) < 4.78 is 11.6. The Morgan fingerprint density at radius 3 is 2.48 bits per heavy atom. The van der Waals surface area contributed by atoms with Crippen LogP contribution in [0.5, 0.6) is 0 Å². The van der Waals surface area contributed by atoms with Gasteiger partial charge in [-0.25, -0.2) is 4.79 Å². The van der Waals surface area contributed by atoms with E-state index in [1.165, 1.54) is 20.2 Å². The smallest absolute Gasteiger partial charge is 0.340 e. The van der Waals surface area contributed by atoms with Crippen LogP contribution in [0.4, 0.5) is 5.69 Å². The van der Waals surface area contributed by atoms with E-state index in [0.29, 0.717) is 27.2 Å². The van der Waals surface area contributed by atoms with Crippen molar-refractivity contribution >= 4 is 46.0 Å². The molecule has 0 aliphatic rings. The van der Waals surface area contributed by atoms with Crippen LogP contribution in [0, 0.1) is 0 Å². The van der Waals surface area contributed by atoms with Crippen LogP contribution in [0.25, 0.3) is 10.9 Å². The maximum atomic E-state index is 12.4. The molecule has 150 valence electrons. The fourth-order valence-electron chi connectivity index (χ4n) is 2.85. The fraction of sp³-hybridized carbons (Fsp3) is 0.190. The lowest BCUT2D eigenvalue weighted by Crippen LogP contribution is -2.31. The molecule has 1 N–H and O–H groups in total. The zero-order valence-corrected chi connectivity index (χ0v) is 16.6. The highest BCUT2D eigenvalue weighted by molar-refractivity contribution is 6.30. The number of nitrogens with one attached hydrogen (secondary N) is 1. The maximum Gasteiger partial charge on any atom is 0.340 e. The first-order valence-corrected chi connectivity index (χ1v) is 9.19. The van der Waals surface area contributed by atoms with Crippen molar-refractivity contribution in [1.82, 2.24) is 4.57 Å². The van der Waals surface area contributed by atoms with Crippen molar-refractivity contribution in [1.29, 1.82) is 0 Å². The molecule has 0 fully saturated rings. The molecule has 7 nitrogen and oxygen atoms in total. The van der Waals surface area contributed by atoms with Crippen molar-refractivity contribution in [3.8, 4) is 0 Å². The van der Waals surface area contributed by atoms with Crippen LogP contribution in [-0.2, 0) is 25.6 Å². The molecule has 0 bridgehead atoms. The second-order valence-electron chi connectivity index (χ2n) is 6.31. The average molecular weight is 415 g/mol. The van der Waals surface area contributed by atoms with E-state index in [1.54, 1.807) is 53.1 Å². The summed E-state index contributed by atoms with van der Waals surface area (Å²) in [7, 11) is 1.30. The molecule has 0 aliphatic carbocycles. The zero-order chi connectivity index (χ0) is 21.0. The van der Waals surface area contributed by atoms with Crippen LogP contribution in [0.2, 0.25) is 5.02 Å². The standard InChI is InChI=1S/C21H19ClN2O5/c1-13(20(26)23-15-9-7-14(22)8-10-15)29-19(25)12-24-11-17(21(27)28-2)16-5-3-4-6-18(16)24/h3-11,13H,12H2,1-2H3,(H,23,26). The topological polar surface area (TPSA) is 86.6 Å². The lowest BCUT2D eigenvalue weighted by Gasteiger charge is -2.14. The maximum absolute atomic E-state index is 12.4. The van der Waals surface area contributed by atoms with Crippen LogP contribution in [0.1, 0.15) is 17.3 Å². The predicted octanol–water partition coefficient (Wildman–Crippen LogP) is 3.65. The minimum atomic E-state index is -1.000. The number of rotatable bonds is 6. The normalized spacial score (nSPS) is 11.7. The molecule has 2 aromatic carbocycles. The molecule has 0 aliphatic heterocycles. The number of nitrogens with zero attached hydrogens (tertiary/aromatic N) is 1. The Labute approximate surface area is 172 Å². The van der Waals surface area contributed by atoms with Gasteiger partial charge >= 0.3 is 11.9 Å². The van der Waals surface area contributed by atoms with Gasteiger partial charge in [-0.05, 0) is 37.3 Å². The first-order chi connectivity index (χ1) is 13.9. The van der Waals surface area contributed by atoms with Crippen molar-refractivity contribution in [2.75, 3.05) is 12.4 Å². The zero-order valence-electron chi connectivity index (χ0n) is 15.8. The van der Waals surface area contributed by atoms with Crippen molar-refractivity contribution in [3.05, 3.63) is 65.3 Å². The number of amides is 1. The number of halogens is 1. The number of fused-ring (bicyclic) bond motifs is 1. The summed E-state index contributed by atoms with van der Waals surface area (Å²) in [4.78, 5) is 36.6. The Kier molecular flexibility index (Phi) is 6.19. The van der Waals surface area contributed by atoms with E-state index >= 15 is 0 Å². The van der Waals surface area contributed by atoms with Gasteiger partial charge in [0.25, 0.3) is 5.91 Å². The van der Waals surface area contributed by atoms with Gasteiger partial charge in [0.1, 0.15) is 6.54 Å². The molecular formula is C21H19ClN2O5. The van der Waals surface area contributed by atoms with Crippen molar-refractivity contribution in [2.24, 2.45) is 0 Å². The number of hydrogen-bond acceptors (Lipinski definition) is 5. The van der Waals surface area contributed by atoms with Gasteiger partial charge in [-0.15, -0.1) is 0 Å². The van der Waals surface area contributed by atoms with E-state index in [2.05, 4.69) is 5.32 Å². The minimum absolute atomic E-state index is 0.157. The number of ether oxygens (including phenoxy) is 2.